The molecule has 1 aliphatic carbocycles. The van der Waals surface area contributed by atoms with Gasteiger partial charge in [0.25, 0.3) is 0 Å². The van der Waals surface area contributed by atoms with Gasteiger partial charge in [0, 0.05) is 23.4 Å². The molecule has 2 heterocycles. The Hall–Kier alpha value is -2.89. The second kappa shape index (κ2) is 5.88. The lowest BCUT2D eigenvalue weighted by molar-refractivity contribution is -0.114. The number of para-hydroxylation sites is 1. The van der Waals surface area contributed by atoms with Crippen molar-refractivity contribution in [2.75, 3.05) is 12.4 Å². The van der Waals surface area contributed by atoms with E-state index in [9.17, 15) is 9.59 Å². The molecule has 1 aromatic carbocycles. The minimum Gasteiger partial charge on any atom is -0.493 e. The van der Waals surface area contributed by atoms with Gasteiger partial charge in [-0.25, -0.2) is 9.78 Å². The summed E-state index contributed by atoms with van der Waals surface area (Å²) >= 11 is 0. The molecule has 6 heteroatoms. The van der Waals surface area contributed by atoms with E-state index in [1.165, 1.54) is 6.92 Å². The first-order chi connectivity index (χ1) is 12.1. The van der Waals surface area contributed by atoms with Gasteiger partial charge in [0.15, 0.2) is 11.3 Å². The van der Waals surface area contributed by atoms with Crippen molar-refractivity contribution in [2.45, 2.75) is 32.6 Å². The molecule has 25 heavy (non-hydrogen) atoms. The van der Waals surface area contributed by atoms with Crippen molar-refractivity contribution < 1.29 is 13.9 Å². The molecule has 1 amide bonds. The van der Waals surface area contributed by atoms with Crippen LogP contribution in [0.1, 0.15) is 31.0 Å². The molecule has 0 atom stereocenters. The zero-order valence-electron chi connectivity index (χ0n) is 14.1. The highest BCUT2D eigenvalue weighted by Gasteiger charge is 2.23. The lowest BCUT2D eigenvalue weighted by Crippen LogP contribution is -2.16. The van der Waals surface area contributed by atoms with Gasteiger partial charge in [-0.2, -0.15) is 0 Å². The number of methoxy groups -OCH3 is 1. The van der Waals surface area contributed by atoms with Crippen LogP contribution < -0.4 is 15.7 Å². The molecule has 128 valence electrons. The normalized spacial score (nSPS) is 13.7. The number of nitrogens with zero attached hydrogens (tertiary/aromatic N) is 1. The predicted octanol–water partition coefficient (Wildman–Crippen LogP) is 3.19. The molecule has 0 unspecified atom stereocenters. The fourth-order valence-corrected chi connectivity index (χ4v) is 3.62. The summed E-state index contributed by atoms with van der Waals surface area (Å²) < 4.78 is 10.9. The third-order valence-electron chi connectivity index (χ3n) is 4.64. The van der Waals surface area contributed by atoms with Gasteiger partial charge in [-0.3, -0.25) is 4.79 Å². The second-order valence-corrected chi connectivity index (χ2v) is 6.25. The van der Waals surface area contributed by atoms with Crippen LogP contribution in [0, 0.1) is 0 Å². The van der Waals surface area contributed by atoms with Crippen LogP contribution in [0.5, 0.6) is 5.75 Å². The van der Waals surface area contributed by atoms with E-state index in [1.54, 1.807) is 13.2 Å². The van der Waals surface area contributed by atoms with Crippen molar-refractivity contribution in [2.24, 2.45) is 0 Å². The molecule has 0 saturated heterocycles. The number of amides is 1. The number of nitrogens with one attached hydrogen (secondary N) is 1. The highest BCUT2D eigenvalue weighted by atomic mass is 16.5. The van der Waals surface area contributed by atoms with Crippen LogP contribution in [0.3, 0.4) is 0 Å². The van der Waals surface area contributed by atoms with E-state index in [-0.39, 0.29) is 11.7 Å². The molecule has 0 aliphatic heterocycles. The quantitative estimate of drug-likeness (QED) is 0.573. The molecule has 2 aromatic heterocycles. The third-order valence-corrected chi connectivity index (χ3v) is 4.64. The largest absolute Gasteiger partial charge is 0.493 e. The maximum Gasteiger partial charge on any atom is 0.348 e. The summed E-state index contributed by atoms with van der Waals surface area (Å²) in [4.78, 5) is 28.9. The van der Waals surface area contributed by atoms with Gasteiger partial charge >= 0.3 is 5.63 Å². The summed E-state index contributed by atoms with van der Waals surface area (Å²) in [6.07, 6.45) is 3.79. The van der Waals surface area contributed by atoms with Crippen molar-refractivity contribution >= 4 is 33.5 Å². The van der Waals surface area contributed by atoms with E-state index in [2.05, 4.69) is 10.3 Å². The lowest BCUT2D eigenvalue weighted by Gasteiger charge is -2.20. The zero-order chi connectivity index (χ0) is 17.6. The number of anilines is 1. The van der Waals surface area contributed by atoms with E-state index in [0.717, 1.165) is 47.7 Å². The number of rotatable bonds is 2. The van der Waals surface area contributed by atoms with Crippen molar-refractivity contribution in [3.63, 3.8) is 0 Å². The second-order valence-electron chi connectivity index (χ2n) is 6.25. The highest BCUT2D eigenvalue weighted by Crippen LogP contribution is 2.37. The minimum absolute atomic E-state index is 0.269. The van der Waals surface area contributed by atoms with Gasteiger partial charge in [-0.1, -0.05) is 12.1 Å². The van der Waals surface area contributed by atoms with E-state index in [0.29, 0.717) is 16.7 Å². The van der Waals surface area contributed by atoms with Crippen molar-refractivity contribution in [3.05, 3.63) is 39.9 Å². The number of aromatic nitrogens is 1. The van der Waals surface area contributed by atoms with Crippen molar-refractivity contribution in [3.8, 4) is 5.75 Å². The number of carbonyl (C=O) groups is 1. The van der Waals surface area contributed by atoms with Crippen molar-refractivity contribution in [1.29, 1.82) is 0 Å². The topological polar surface area (TPSA) is 81.4 Å². The summed E-state index contributed by atoms with van der Waals surface area (Å²) in [5.41, 5.74) is 1.92. The minimum atomic E-state index is -0.517. The first-order valence-corrected chi connectivity index (χ1v) is 8.33. The number of carbonyl (C=O) groups excluding carboxylic acids is 1. The molecule has 6 nitrogen and oxygen atoms in total. The molecular weight excluding hydrogens is 320 g/mol. The molecule has 1 aliphatic rings. The average molecular weight is 338 g/mol. The molecule has 0 radical (unpaired) electrons. The number of ether oxygens (including phenoxy) is 1. The summed E-state index contributed by atoms with van der Waals surface area (Å²) in [7, 11) is 1.55. The third kappa shape index (κ3) is 2.45. The Balaban J connectivity index is 2.22. The van der Waals surface area contributed by atoms with Crippen LogP contribution in [0.2, 0.25) is 0 Å². The average Bonchev–Trinajstić information content (AvgIpc) is 2.60. The predicted molar refractivity (Wildman–Crippen MR) is 95.3 cm³/mol. The smallest absolute Gasteiger partial charge is 0.348 e. The van der Waals surface area contributed by atoms with Crippen LogP contribution in [0.25, 0.3) is 21.7 Å². The Morgan fingerprint density at radius 3 is 2.80 bits per heavy atom. The fraction of sp³-hybridized carbons (Fsp3) is 0.316. The summed E-state index contributed by atoms with van der Waals surface area (Å²) in [6.45, 7) is 1.40. The van der Waals surface area contributed by atoms with Gasteiger partial charge in [0.2, 0.25) is 5.91 Å². The molecule has 0 spiro atoms. The van der Waals surface area contributed by atoms with Crippen LogP contribution in [0.15, 0.2) is 27.4 Å². The van der Waals surface area contributed by atoms with Crippen LogP contribution in [-0.4, -0.2) is 18.0 Å². The summed E-state index contributed by atoms with van der Waals surface area (Å²) in [6, 6.07) is 5.55. The molecule has 0 bridgehead atoms. The van der Waals surface area contributed by atoms with E-state index in [4.69, 9.17) is 9.15 Å². The number of fused-ring (bicyclic) bond motifs is 5. The number of benzene rings is 1. The maximum atomic E-state index is 12.7. The number of hydrogen-bond donors (Lipinski definition) is 1. The monoisotopic (exact) mass is 338 g/mol. The number of hydrogen-bond acceptors (Lipinski definition) is 5. The number of aryl methyl sites for hydroxylation is 2. The van der Waals surface area contributed by atoms with E-state index < -0.39 is 5.63 Å². The Kier molecular flexibility index (Phi) is 3.67. The van der Waals surface area contributed by atoms with Gasteiger partial charge in [-0.15, -0.1) is 0 Å². The van der Waals surface area contributed by atoms with Gasteiger partial charge in [0.05, 0.1) is 7.11 Å². The molecule has 3 aromatic rings. The molecule has 4 rings (SSSR count). The van der Waals surface area contributed by atoms with Crippen LogP contribution in [-0.2, 0) is 17.6 Å². The zero-order valence-corrected chi connectivity index (χ0v) is 14.1. The number of pyridine rings is 1. The first kappa shape index (κ1) is 15.6. The van der Waals surface area contributed by atoms with Gasteiger partial charge < -0.3 is 14.5 Å². The fourth-order valence-electron chi connectivity index (χ4n) is 3.62. The van der Waals surface area contributed by atoms with E-state index >= 15 is 0 Å². The SMILES string of the molecule is COc1cccc2c1oc(=O)c1c(NC(C)=O)nc3c(c12)CCCC3. The maximum absolute atomic E-state index is 12.7. The summed E-state index contributed by atoms with van der Waals surface area (Å²) in [5.74, 6) is 0.523. The molecular formula is C19H18N2O4. The Labute approximate surface area is 143 Å². The molecule has 1 N–H and O–H groups in total. The van der Waals surface area contributed by atoms with Crippen LogP contribution >= 0.6 is 0 Å². The first-order valence-electron chi connectivity index (χ1n) is 8.33. The van der Waals surface area contributed by atoms with E-state index in [1.807, 2.05) is 12.1 Å². The standard InChI is InChI=1S/C19H18N2O4/c1-10(22)20-18-16-15(11-6-3-4-8-13(11)21-18)12-7-5-9-14(24-2)17(12)25-19(16)23/h5,7,9H,3-4,6,8H2,1-2H3,(H,20,21,22). The Morgan fingerprint density at radius 2 is 2.04 bits per heavy atom. The molecule has 0 fully saturated rings. The van der Waals surface area contributed by atoms with Crippen molar-refractivity contribution in [1.82, 2.24) is 4.98 Å². The lowest BCUT2D eigenvalue weighted by atomic mass is 9.90. The van der Waals surface area contributed by atoms with Gasteiger partial charge in [0.1, 0.15) is 11.2 Å². The highest BCUT2D eigenvalue weighted by molar-refractivity contribution is 6.12. The van der Waals surface area contributed by atoms with Crippen LogP contribution in [0.4, 0.5) is 5.82 Å². The summed E-state index contributed by atoms with van der Waals surface area (Å²) in [5, 5.41) is 4.65. The Morgan fingerprint density at radius 1 is 1.24 bits per heavy atom. The molecule has 0 saturated carbocycles. The van der Waals surface area contributed by atoms with Gasteiger partial charge in [-0.05, 0) is 37.3 Å². The Bertz CT molecular complexity index is 1070.